The van der Waals surface area contributed by atoms with Crippen LogP contribution in [0.1, 0.15) is 12.2 Å². The molecule has 0 aliphatic carbocycles. The molecule has 1 unspecified atom stereocenters. The van der Waals surface area contributed by atoms with Crippen LogP contribution in [0.4, 0.5) is 5.69 Å². The SMILES string of the molecule is CN(CC(=O)Nc1cc(Cl)ccc1-n1cncn1)CC1CCn2ccnc2C1. The zero-order valence-corrected chi connectivity index (χ0v) is 16.4. The second-order valence-corrected chi connectivity index (χ2v) is 7.58. The maximum absolute atomic E-state index is 12.6. The Kier molecular flexibility index (Phi) is 5.40. The highest BCUT2D eigenvalue weighted by molar-refractivity contribution is 6.31. The molecule has 3 heterocycles. The third-order valence-electron chi connectivity index (χ3n) is 4.93. The van der Waals surface area contributed by atoms with Crippen molar-refractivity contribution in [2.45, 2.75) is 19.4 Å². The Labute approximate surface area is 168 Å². The highest BCUT2D eigenvalue weighted by Gasteiger charge is 2.21. The second kappa shape index (κ2) is 8.12. The van der Waals surface area contributed by atoms with E-state index in [1.807, 2.05) is 19.4 Å². The van der Waals surface area contributed by atoms with E-state index in [2.05, 4.69) is 29.9 Å². The molecule has 4 rings (SSSR count). The molecule has 28 heavy (non-hydrogen) atoms. The van der Waals surface area contributed by atoms with Crippen LogP contribution in [0.15, 0.2) is 43.2 Å². The highest BCUT2D eigenvalue weighted by Crippen LogP contribution is 2.24. The molecule has 8 nitrogen and oxygen atoms in total. The molecule has 1 aliphatic rings. The van der Waals surface area contributed by atoms with E-state index in [1.54, 1.807) is 29.2 Å². The number of nitrogens with zero attached hydrogens (tertiary/aromatic N) is 6. The van der Waals surface area contributed by atoms with Crippen LogP contribution >= 0.6 is 11.6 Å². The lowest BCUT2D eigenvalue weighted by Crippen LogP contribution is -2.36. The minimum Gasteiger partial charge on any atom is -0.335 e. The van der Waals surface area contributed by atoms with E-state index in [1.165, 1.54) is 6.33 Å². The second-order valence-electron chi connectivity index (χ2n) is 7.14. The van der Waals surface area contributed by atoms with Crippen molar-refractivity contribution in [3.8, 4) is 5.69 Å². The zero-order valence-electron chi connectivity index (χ0n) is 15.6. The first-order valence-corrected chi connectivity index (χ1v) is 9.59. The van der Waals surface area contributed by atoms with Gasteiger partial charge in [0.1, 0.15) is 18.5 Å². The fourth-order valence-electron chi connectivity index (χ4n) is 3.65. The van der Waals surface area contributed by atoms with Gasteiger partial charge < -0.3 is 9.88 Å². The van der Waals surface area contributed by atoms with E-state index in [9.17, 15) is 4.79 Å². The quantitative estimate of drug-likeness (QED) is 0.687. The van der Waals surface area contributed by atoms with Crippen LogP contribution in [0.3, 0.4) is 0 Å². The fourth-order valence-corrected chi connectivity index (χ4v) is 3.82. The van der Waals surface area contributed by atoms with E-state index < -0.39 is 0 Å². The zero-order chi connectivity index (χ0) is 19.5. The number of fused-ring (bicyclic) bond motifs is 1. The number of anilines is 1. The molecule has 1 amide bonds. The van der Waals surface area contributed by atoms with Gasteiger partial charge in [0.25, 0.3) is 0 Å². The summed E-state index contributed by atoms with van der Waals surface area (Å²) in [7, 11) is 1.97. The van der Waals surface area contributed by atoms with Gasteiger partial charge in [0.2, 0.25) is 5.91 Å². The highest BCUT2D eigenvalue weighted by atomic mass is 35.5. The van der Waals surface area contributed by atoms with E-state index >= 15 is 0 Å². The first kappa shape index (κ1) is 18.6. The van der Waals surface area contributed by atoms with Crippen LogP contribution in [0.5, 0.6) is 0 Å². The largest absolute Gasteiger partial charge is 0.335 e. The third kappa shape index (κ3) is 4.23. The molecule has 2 aromatic heterocycles. The van der Waals surface area contributed by atoms with Crippen molar-refractivity contribution >= 4 is 23.2 Å². The summed E-state index contributed by atoms with van der Waals surface area (Å²) in [5.41, 5.74) is 1.33. The number of aryl methyl sites for hydroxylation is 1. The first-order valence-electron chi connectivity index (χ1n) is 9.21. The lowest BCUT2D eigenvalue weighted by molar-refractivity contribution is -0.117. The number of aromatic nitrogens is 5. The van der Waals surface area contributed by atoms with Crippen LogP contribution in [0, 0.1) is 5.92 Å². The summed E-state index contributed by atoms with van der Waals surface area (Å²) in [6.07, 6.45) is 8.96. The lowest BCUT2D eigenvalue weighted by Gasteiger charge is -2.27. The average Bonchev–Trinajstić information content (AvgIpc) is 3.32. The molecule has 1 aliphatic heterocycles. The van der Waals surface area contributed by atoms with Gasteiger partial charge in [-0.2, -0.15) is 5.10 Å². The Morgan fingerprint density at radius 2 is 2.32 bits per heavy atom. The Balaban J connectivity index is 1.36. The van der Waals surface area contributed by atoms with Crippen LogP contribution < -0.4 is 5.32 Å². The number of benzene rings is 1. The topological polar surface area (TPSA) is 80.9 Å². The standard InChI is InChI=1S/C19H22ClN7O/c1-25(10-14-4-6-26-7-5-22-18(26)8-14)11-19(28)24-16-9-15(20)2-3-17(16)27-13-21-12-23-27/h2-3,5,7,9,12-14H,4,6,8,10-11H2,1H3,(H,24,28). The van der Waals surface area contributed by atoms with Crippen molar-refractivity contribution in [2.75, 3.05) is 25.5 Å². The molecular formula is C19H22ClN7O. The number of hydrogen-bond donors (Lipinski definition) is 1. The van der Waals surface area contributed by atoms with Gasteiger partial charge in [-0.25, -0.2) is 14.6 Å². The number of likely N-dealkylation sites (N-methyl/N-ethyl adjacent to an activating group) is 1. The predicted octanol–water partition coefficient (Wildman–Crippen LogP) is 2.25. The summed E-state index contributed by atoms with van der Waals surface area (Å²) < 4.78 is 3.80. The summed E-state index contributed by atoms with van der Waals surface area (Å²) in [4.78, 5) is 23.0. The number of hydrogen-bond acceptors (Lipinski definition) is 5. The number of imidazole rings is 1. The summed E-state index contributed by atoms with van der Waals surface area (Å²) in [5.74, 6) is 1.54. The van der Waals surface area contributed by atoms with Gasteiger partial charge in [-0.05, 0) is 37.6 Å². The van der Waals surface area contributed by atoms with E-state index in [-0.39, 0.29) is 5.91 Å². The number of carbonyl (C=O) groups is 1. The first-order chi connectivity index (χ1) is 13.6. The normalized spacial score (nSPS) is 16.2. The molecule has 1 N–H and O–H groups in total. The fraction of sp³-hybridized carbons (Fsp3) is 0.368. The molecule has 146 valence electrons. The molecule has 1 atom stereocenters. The van der Waals surface area contributed by atoms with E-state index in [0.29, 0.717) is 23.2 Å². The predicted molar refractivity (Wildman–Crippen MR) is 107 cm³/mol. The summed E-state index contributed by atoms with van der Waals surface area (Å²) in [5, 5.41) is 7.62. The molecule has 1 aromatic carbocycles. The van der Waals surface area contributed by atoms with Crippen molar-refractivity contribution in [1.82, 2.24) is 29.2 Å². The van der Waals surface area contributed by atoms with Gasteiger partial charge in [-0.1, -0.05) is 11.6 Å². The minimum atomic E-state index is -0.0940. The Bertz CT molecular complexity index is 953. The molecule has 0 fully saturated rings. The molecule has 0 saturated heterocycles. The molecule has 3 aromatic rings. The van der Waals surface area contributed by atoms with Gasteiger partial charge in [0.15, 0.2) is 0 Å². The third-order valence-corrected chi connectivity index (χ3v) is 5.17. The Hall–Kier alpha value is -2.71. The van der Waals surface area contributed by atoms with Gasteiger partial charge in [0, 0.05) is 36.9 Å². The number of halogens is 1. The number of amides is 1. The molecule has 0 radical (unpaired) electrons. The van der Waals surface area contributed by atoms with Gasteiger partial charge >= 0.3 is 0 Å². The van der Waals surface area contributed by atoms with Crippen molar-refractivity contribution in [2.24, 2.45) is 5.92 Å². The van der Waals surface area contributed by atoms with Crippen LogP contribution in [-0.2, 0) is 17.8 Å². The lowest BCUT2D eigenvalue weighted by atomic mass is 9.97. The summed E-state index contributed by atoms with van der Waals surface area (Å²) in [6.45, 7) is 2.14. The minimum absolute atomic E-state index is 0.0940. The Morgan fingerprint density at radius 1 is 1.43 bits per heavy atom. The summed E-state index contributed by atoms with van der Waals surface area (Å²) in [6, 6.07) is 5.28. The van der Waals surface area contributed by atoms with Gasteiger partial charge in [-0.3, -0.25) is 9.69 Å². The summed E-state index contributed by atoms with van der Waals surface area (Å²) >= 11 is 6.11. The molecule has 0 bridgehead atoms. The molecular weight excluding hydrogens is 378 g/mol. The smallest absolute Gasteiger partial charge is 0.238 e. The van der Waals surface area contributed by atoms with Crippen molar-refractivity contribution < 1.29 is 4.79 Å². The van der Waals surface area contributed by atoms with E-state index in [4.69, 9.17) is 11.6 Å². The molecule has 0 saturated carbocycles. The van der Waals surface area contributed by atoms with Crippen molar-refractivity contribution in [3.05, 3.63) is 54.1 Å². The van der Waals surface area contributed by atoms with Crippen LogP contribution in [0.2, 0.25) is 5.02 Å². The number of carbonyl (C=O) groups excluding carboxylic acids is 1. The van der Waals surface area contributed by atoms with Crippen LogP contribution in [0.25, 0.3) is 5.69 Å². The van der Waals surface area contributed by atoms with Crippen molar-refractivity contribution in [3.63, 3.8) is 0 Å². The number of rotatable bonds is 6. The average molecular weight is 400 g/mol. The van der Waals surface area contributed by atoms with Gasteiger partial charge in [-0.15, -0.1) is 0 Å². The van der Waals surface area contributed by atoms with Crippen molar-refractivity contribution in [1.29, 1.82) is 0 Å². The molecule has 0 spiro atoms. The molecule has 9 heteroatoms. The maximum atomic E-state index is 12.6. The van der Waals surface area contributed by atoms with Crippen LogP contribution in [-0.4, -0.2) is 55.3 Å². The Morgan fingerprint density at radius 3 is 3.14 bits per heavy atom. The van der Waals surface area contributed by atoms with E-state index in [0.717, 1.165) is 37.4 Å². The monoisotopic (exact) mass is 399 g/mol. The van der Waals surface area contributed by atoms with Gasteiger partial charge in [0.05, 0.1) is 17.9 Å². The number of nitrogens with one attached hydrogen (secondary N) is 1. The maximum Gasteiger partial charge on any atom is 0.238 e.